The minimum absolute atomic E-state index is 0.0149. The Labute approximate surface area is 177 Å². The van der Waals surface area contributed by atoms with Crippen LogP contribution in [0.1, 0.15) is 40.9 Å². The number of hydrogen-bond donors (Lipinski definition) is 1. The largest absolute Gasteiger partial charge is 0.505 e. The Morgan fingerprint density at radius 3 is 2.21 bits per heavy atom. The van der Waals surface area contributed by atoms with Gasteiger partial charge in [-0.3, -0.25) is 0 Å². The zero-order valence-corrected chi connectivity index (χ0v) is 18.1. The second kappa shape index (κ2) is 7.39. The summed E-state index contributed by atoms with van der Waals surface area (Å²) in [5.74, 6) is -0.504. The average Bonchev–Trinajstić information content (AvgIpc) is 2.81. The molecule has 0 atom stereocenters. The zero-order valence-electron chi connectivity index (χ0n) is 15.8. The Morgan fingerprint density at radius 1 is 1.00 bits per heavy atom. The molecule has 0 fully saturated rings. The monoisotopic (exact) mass is 442 g/mol. The molecule has 2 aromatic carbocycles. The zero-order chi connectivity index (χ0) is 20.9. The average molecular weight is 444 g/mol. The van der Waals surface area contributed by atoms with Gasteiger partial charge in [0.15, 0.2) is 23.0 Å². The summed E-state index contributed by atoms with van der Waals surface area (Å²) in [4.78, 5) is 13.0. The van der Waals surface area contributed by atoms with Crippen molar-refractivity contribution in [3.05, 3.63) is 43.4 Å². The number of phenols is 1. The molecule has 0 amide bonds. The maximum atomic E-state index is 13.0. The standard InChI is InChI=1S/C20H17Cl3O5/c1-6-7(2)10-13(22)16(26-5)8(3)11-18(10)27-19-14(23)15(24)12(21)9(4)17(19)28-20(11)25/h6,24H,1-5H3. The van der Waals surface area contributed by atoms with Crippen molar-refractivity contribution in [2.45, 2.75) is 27.7 Å². The fourth-order valence-electron chi connectivity index (χ4n) is 3.08. The molecular weight excluding hydrogens is 427 g/mol. The summed E-state index contributed by atoms with van der Waals surface area (Å²) in [6.45, 7) is 6.92. The van der Waals surface area contributed by atoms with E-state index in [1.165, 1.54) is 7.11 Å². The van der Waals surface area contributed by atoms with Gasteiger partial charge in [-0.05, 0) is 33.3 Å². The van der Waals surface area contributed by atoms with Gasteiger partial charge in [0.25, 0.3) is 0 Å². The van der Waals surface area contributed by atoms with E-state index in [2.05, 4.69) is 0 Å². The van der Waals surface area contributed by atoms with Gasteiger partial charge in [-0.25, -0.2) is 4.79 Å². The molecule has 3 rings (SSSR count). The number of halogens is 3. The third-order valence-corrected chi connectivity index (χ3v) is 5.89. The van der Waals surface area contributed by atoms with Crippen LogP contribution in [-0.2, 0) is 0 Å². The fraction of sp³-hybridized carbons (Fsp3) is 0.250. The van der Waals surface area contributed by atoms with E-state index in [0.717, 1.165) is 5.57 Å². The molecule has 0 aromatic heterocycles. The molecule has 0 aliphatic carbocycles. The molecule has 1 aliphatic heterocycles. The summed E-state index contributed by atoms with van der Waals surface area (Å²) in [6, 6.07) is 0. The van der Waals surface area contributed by atoms with Gasteiger partial charge < -0.3 is 19.3 Å². The molecule has 28 heavy (non-hydrogen) atoms. The van der Waals surface area contributed by atoms with Crippen molar-refractivity contribution in [2.75, 3.05) is 7.11 Å². The molecule has 0 spiro atoms. The normalized spacial score (nSPS) is 13.3. The topological polar surface area (TPSA) is 65.0 Å². The number of rotatable bonds is 2. The van der Waals surface area contributed by atoms with Crippen LogP contribution in [0.5, 0.6) is 28.7 Å². The van der Waals surface area contributed by atoms with E-state index in [1.54, 1.807) is 13.8 Å². The van der Waals surface area contributed by atoms with Crippen molar-refractivity contribution in [2.24, 2.45) is 0 Å². The Kier molecular flexibility index (Phi) is 5.45. The number of carbonyl (C=O) groups excluding carboxylic acids is 1. The first-order valence-electron chi connectivity index (χ1n) is 8.29. The van der Waals surface area contributed by atoms with Crippen molar-refractivity contribution in [1.29, 1.82) is 0 Å². The van der Waals surface area contributed by atoms with Crippen molar-refractivity contribution < 1.29 is 24.1 Å². The molecule has 1 N–H and O–H groups in total. The van der Waals surface area contributed by atoms with Gasteiger partial charge in [-0.15, -0.1) is 0 Å². The highest BCUT2D eigenvalue weighted by Gasteiger charge is 2.35. The van der Waals surface area contributed by atoms with Crippen LogP contribution in [0.25, 0.3) is 5.57 Å². The van der Waals surface area contributed by atoms with E-state index >= 15 is 0 Å². The number of ether oxygens (including phenoxy) is 3. The smallest absolute Gasteiger partial charge is 0.347 e. The Balaban J connectivity index is 2.47. The van der Waals surface area contributed by atoms with Gasteiger partial charge in [0.05, 0.1) is 17.2 Å². The number of esters is 1. The van der Waals surface area contributed by atoms with Crippen molar-refractivity contribution >= 4 is 46.3 Å². The third-order valence-electron chi connectivity index (χ3n) is 4.71. The molecule has 5 nitrogen and oxygen atoms in total. The van der Waals surface area contributed by atoms with E-state index in [1.807, 2.05) is 19.9 Å². The van der Waals surface area contributed by atoms with E-state index < -0.39 is 5.97 Å². The number of benzene rings is 2. The van der Waals surface area contributed by atoms with Crippen molar-refractivity contribution in [3.8, 4) is 28.7 Å². The van der Waals surface area contributed by atoms with E-state index in [9.17, 15) is 9.90 Å². The molecule has 1 aliphatic rings. The van der Waals surface area contributed by atoms with Crippen LogP contribution < -0.4 is 14.2 Å². The second-order valence-corrected chi connectivity index (χ2v) is 7.41. The van der Waals surface area contributed by atoms with Crippen LogP contribution in [0.15, 0.2) is 6.08 Å². The summed E-state index contributed by atoms with van der Waals surface area (Å²) < 4.78 is 17.0. The quantitative estimate of drug-likeness (QED) is 0.412. The van der Waals surface area contributed by atoms with Gasteiger partial charge in [0.2, 0.25) is 0 Å². The lowest BCUT2D eigenvalue weighted by atomic mass is 9.97. The summed E-state index contributed by atoms with van der Waals surface area (Å²) in [5.41, 5.74) is 2.15. The summed E-state index contributed by atoms with van der Waals surface area (Å²) in [5, 5.41) is 10.3. The number of methoxy groups -OCH3 is 1. The molecule has 0 unspecified atom stereocenters. The summed E-state index contributed by atoms with van der Waals surface area (Å²) in [7, 11) is 1.46. The van der Waals surface area contributed by atoms with Crippen LogP contribution in [-0.4, -0.2) is 18.2 Å². The van der Waals surface area contributed by atoms with Gasteiger partial charge in [0, 0.05) is 16.7 Å². The lowest BCUT2D eigenvalue weighted by Crippen LogP contribution is -2.12. The molecule has 8 heteroatoms. The number of aromatic hydroxyl groups is 1. The maximum Gasteiger partial charge on any atom is 0.347 e. The highest BCUT2D eigenvalue weighted by molar-refractivity contribution is 6.39. The maximum absolute atomic E-state index is 13.0. The van der Waals surface area contributed by atoms with Crippen LogP contribution >= 0.6 is 34.8 Å². The van der Waals surface area contributed by atoms with Crippen molar-refractivity contribution in [1.82, 2.24) is 0 Å². The molecule has 0 saturated heterocycles. The van der Waals surface area contributed by atoms with Gasteiger partial charge in [0.1, 0.15) is 16.3 Å². The Bertz CT molecular complexity index is 1060. The fourth-order valence-corrected chi connectivity index (χ4v) is 3.99. The predicted molar refractivity (Wildman–Crippen MR) is 110 cm³/mol. The van der Waals surface area contributed by atoms with Gasteiger partial charge >= 0.3 is 5.97 Å². The van der Waals surface area contributed by atoms with Crippen molar-refractivity contribution in [3.63, 3.8) is 0 Å². The number of carbonyl (C=O) groups is 1. The second-order valence-electron chi connectivity index (χ2n) is 6.27. The molecule has 0 saturated carbocycles. The van der Waals surface area contributed by atoms with Gasteiger partial charge in [-0.1, -0.05) is 40.9 Å². The van der Waals surface area contributed by atoms with E-state index in [4.69, 9.17) is 49.0 Å². The highest BCUT2D eigenvalue weighted by atomic mass is 35.5. The van der Waals surface area contributed by atoms with Crippen LogP contribution in [0.3, 0.4) is 0 Å². The first-order valence-corrected chi connectivity index (χ1v) is 9.42. The summed E-state index contributed by atoms with van der Waals surface area (Å²) in [6.07, 6.45) is 1.82. The molecule has 1 heterocycles. The number of allylic oxidation sites excluding steroid dienone is 2. The first-order chi connectivity index (χ1) is 13.1. The lowest BCUT2D eigenvalue weighted by Gasteiger charge is -2.20. The Hall–Kier alpha value is -2.08. The molecule has 2 aromatic rings. The Morgan fingerprint density at radius 2 is 1.64 bits per heavy atom. The molecule has 0 bridgehead atoms. The number of phenolic OH excluding ortho intramolecular Hbond substituents is 1. The summed E-state index contributed by atoms with van der Waals surface area (Å²) >= 11 is 18.9. The van der Waals surface area contributed by atoms with Crippen LogP contribution in [0.2, 0.25) is 15.1 Å². The SMILES string of the molecule is CC=C(C)c1c(Cl)c(OC)c(C)c2c1Oc1c(Cl)c(O)c(Cl)c(C)c1OC2=O. The van der Waals surface area contributed by atoms with Crippen LogP contribution in [0, 0.1) is 13.8 Å². The van der Waals surface area contributed by atoms with Gasteiger partial charge in [-0.2, -0.15) is 0 Å². The molecular formula is C20H17Cl3O5. The highest BCUT2D eigenvalue weighted by Crippen LogP contribution is 2.55. The number of hydrogen-bond acceptors (Lipinski definition) is 5. The minimum Gasteiger partial charge on any atom is -0.505 e. The lowest BCUT2D eigenvalue weighted by molar-refractivity contribution is 0.0735. The first kappa shape index (κ1) is 20.6. The third kappa shape index (κ3) is 2.89. The predicted octanol–water partition coefficient (Wildman–Crippen LogP) is 6.73. The minimum atomic E-state index is -0.674. The van der Waals surface area contributed by atoms with Crippen LogP contribution in [0.4, 0.5) is 0 Å². The molecule has 0 radical (unpaired) electrons. The van der Waals surface area contributed by atoms with E-state index in [0.29, 0.717) is 22.4 Å². The van der Waals surface area contributed by atoms with E-state index in [-0.39, 0.29) is 43.6 Å². The number of fused-ring (bicyclic) bond motifs is 2. The molecule has 148 valence electrons.